The summed E-state index contributed by atoms with van der Waals surface area (Å²) >= 11 is 5.63. The van der Waals surface area contributed by atoms with Crippen molar-refractivity contribution in [1.82, 2.24) is 20.5 Å². The highest BCUT2D eigenvalue weighted by molar-refractivity contribution is 6.31. The standard InChI is InChI=1S/C12H10ClF3N4O/c1-6(10-17-5-18-20-10)19-11(21)7-2-8(12(14,15)16)4-9(13)3-7/h2-6H,1H3,(H,19,21)(H,17,18,20)/t6-/m0/s1. The molecule has 0 aliphatic carbocycles. The average Bonchev–Trinajstić information content (AvgIpc) is 2.90. The molecule has 0 radical (unpaired) electrons. The molecule has 1 atom stereocenters. The zero-order valence-corrected chi connectivity index (χ0v) is 11.5. The van der Waals surface area contributed by atoms with Crippen molar-refractivity contribution in [2.24, 2.45) is 0 Å². The van der Waals surface area contributed by atoms with Crippen LogP contribution in [0, 0.1) is 0 Å². The van der Waals surface area contributed by atoms with E-state index < -0.39 is 23.7 Å². The first-order valence-corrected chi connectivity index (χ1v) is 6.19. The predicted octanol–water partition coefficient (Wildman–Crippen LogP) is 2.97. The molecule has 0 bridgehead atoms. The maximum Gasteiger partial charge on any atom is 0.416 e. The molecular formula is C12H10ClF3N4O. The first kappa shape index (κ1) is 15.3. The van der Waals surface area contributed by atoms with Gasteiger partial charge in [0.05, 0.1) is 11.6 Å². The summed E-state index contributed by atoms with van der Waals surface area (Å²) in [7, 11) is 0. The lowest BCUT2D eigenvalue weighted by Crippen LogP contribution is -2.27. The third kappa shape index (κ3) is 3.72. The van der Waals surface area contributed by atoms with Crippen molar-refractivity contribution in [3.05, 3.63) is 46.5 Å². The van der Waals surface area contributed by atoms with Crippen LogP contribution in [0.3, 0.4) is 0 Å². The lowest BCUT2D eigenvalue weighted by molar-refractivity contribution is -0.137. The van der Waals surface area contributed by atoms with Gasteiger partial charge in [0, 0.05) is 10.6 Å². The summed E-state index contributed by atoms with van der Waals surface area (Å²) in [6, 6.07) is 2.14. The Balaban J connectivity index is 2.21. The molecule has 0 spiro atoms. The van der Waals surface area contributed by atoms with Gasteiger partial charge in [0.2, 0.25) is 0 Å². The summed E-state index contributed by atoms with van der Waals surface area (Å²) in [6.45, 7) is 1.62. The molecular weight excluding hydrogens is 309 g/mol. The Hall–Kier alpha value is -2.09. The normalized spacial score (nSPS) is 13.0. The second-order valence-electron chi connectivity index (χ2n) is 4.29. The van der Waals surface area contributed by atoms with E-state index >= 15 is 0 Å². The van der Waals surface area contributed by atoms with Gasteiger partial charge in [-0.2, -0.15) is 18.3 Å². The minimum absolute atomic E-state index is 0.165. The smallest absolute Gasteiger partial charge is 0.342 e. The number of rotatable bonds is 3. The Morgan fingerprint density at radius 3 is 2.67 bits per heavy atom. The van der Waals surface area contributed by atoms with Crippen LogP contribution in [0.4, 0.5) is 13.2 Å². The van der Waals surface area contributed by atoms with Gasteiger partial charge in [0.15, 0.2) is 0 Å². The fourth-order valence-corrected chi connectivity index (χ4v) is 1.89. The van der Waals surface area contributed by atoms with Crippen LogP contribution in [0.15, 0.2) is 24.5 Å². The van der Waals surface area contributed by atoms with Crippen LogP contribution in [-0.4, -0.2) is 21.1 Å². The van der Waals surface area contributed by atoms with E-state index in [0.717, 1.165) is 12.1 Å². The number of carbonyl (C=O) groups is 1. The van der Waals surface area contributed by atoms with E-state index in [0.29, 0.717) is 5.82 Å². The van der Waals surface area contributed by atoms with Crippen LogP contribution in [-0.2, 0) is 6.18 Å². The zero-order valence-electron chi connectivity index (χ0n) is 10.7. The van der Waals surface area contributed by atoms with E-state index in [1.807, 2.05) is 0 Å². The minimum atomic E-state index is -4.57. The Morgan fingerprint density at radius 2 is 2.10 bits per heavy atom. The highest BCUT2D eigenvalue weighted by Gasteiger charge is 2.31. The van der Waals surface area contributed by atoms with Gasteiger partial charge in [-0.05, 0) is 25.1 Å². The monoisotopic (exact) mass is 318 g/mol. The third-order valence-electron chi connectivity index (χ3n) is 2.68. The molecule has 9 heteroatoms. The number of amides is 1. The van der Waals surface area contributed by atoms with Crippen molar-refractivity contribution in [2.75, 3.05) is 0 Å². The number of aromatic amines is 1. The van der Waals surface area contributed by atoms with Crippen LogP contribution in [0.1, 0.15) is 34.7 Å². The largest absolute Gasteiger partial charge is 0.416 e. The molecule has 112 valence electrons. The SMILES string of the molecule is C[C@H](NC(=O)c1cc(Cl)cc(C(F)(F)F)c1)c1ncn[nH]1. The quantitative estimate of drug-likeness (QED) is 0.914. The van der Waals surface area contributed by atoms with Gasteiger partial charge < -0.3 is 5.32 Å². The number of halogens is 4. The summed E-state index contributed by atoms with van der Waals surface area (Å²) < 4.78 is 38.1. The highest BCUT2D eigenvalue weighted by atomic mass is 35.5. The molecule has 1 aromatic heterocycles. The van der Waals surface area contributed by atoms with Crippen molar-refractivity contribution in [3.8, 4) is 0 Å². The molecule has 0 aliphatic rings. The maximum atomic E-state index is 12.7. The summed E-state index contributed by atoms with van der Waals surface area (Å²) in [5.41, 5.74) is -1.16. The van der Waals surface area contributed by atoms with Crippen molar-refractivity contribution >= 4 is 17.5 Å². The van der Waals surface area contributed by atoms with Gasteiger partial charge >= 0.3 is 6.18 Å². The van der Waals surface area contributed by atoms with Crippen molar-refractivity contribution in [1.29, 1.82) is 0 Å². The van der Waals surface area contributed by atoms with Crippen molar-refractivity contribution < 1.29 is 18.0 Å². The second-order valence-corrected chi connectivity index (χ2v) is 4.73. The zero-order chi connectivity index (χ0) is 15.6. The number of alkyl halides is 3. The number of nitrogens with zero attached hydrogens (tertiary/aromatic N) is 2. The molecule has 0 fully saturated rings. The molecule has 5 nitrogen and oxygen atoms in total. The molecule has 2 rings (SSSR count). The van der Waals surface area contributed by atoms with Gasteiger partial charge in [0.1, 0.15) is 12.2 Å². The van der Waals surface area contributed by atoms with Gasteiger partial charge in [-0.1, -0.05) is 11.6 Å². The van der Waals surface area contributed by atoms with E-state index in [9.17, 15) is 18.0 Å². The summed E-state index contributed by atoms with van der Waals surface area (Å²) in [6.07, 6.45) is -3.31. The second kappa shape index (κ2) is 5.72. The molecule has 2 aromatic rings. The molecule has 1 heterocycles. The Bertz CT molecular complexity index is 642. The number of H-pyrrole nitrogens is 1. The lowest BCUT2D eigenvalue weighted by Gasteiger charge is -2.13. The summed E-state index contributed by atoms with van der Waals surface area (Å²) in [4.78, 5) is 15.8. The van der Waals surface area contributed by atoms with Gasteiger partial charge in [0.25, 0.3) is 5.91 Å². The van der Waals surface area contributed by atoms with Crippen molar-refractivity contribution in [2.45, 2.75) is 19.1 Å². The minimum Gasteiger partial charge on any atom is -0.342 e. The lowest BCUT2D eigenvalue weighted by atomic mass is 10.1. The fraction of sp³-hybridized carbons (Fsp3) is 0.250. The molecule has 0 unspecified atom stereocenters. The van der Waals surface area contributed by atoms with Crippen LogP contribution in [0.5, 0.6) is 0 Å². The highest BCUT2D eigenvalue weighted by Crippen LogP contribution is 2.32. The number of benzene rings is 1. The Kier molecular flexibility index (Phi) is 4.17. The average molecular weight is 319 g/mol. The van der Waals surface area contributed by atoms with Crippen LogP contribution in [0.25, 0.3) is 0 Å². The number of hydrogen-bond acceptors (Lipinski definition) is 3. The molecule has 0 aliphatic heterocycles. The van der Waals surface area contributed by atoms with Crippen LogP contribution >= 0.6 is 11.6 Å². The number of aromatic nitrogens is 3. The third-order valence-corrected chi connectivity index (χ3v) is 2.90. The van der Waals surface area contributed by atoms with E-state index in [1.54, 1.807) is 6.92 Å². The molecule has 21 heavy (non-hydrogen) atoms. The van der Waals surface area contributed by atoms with E-state index in [2.05, 4.69) is 20.5 Å². The van der Waals surface area contributed by atoms with Crippen LogP contribution < -0.4 is 5.32 Å². The molecule has 1 aromatic carbocycles. The topological polar surface area (TPSA) is 70.7 Å². The fourth-order valence-electron chi connectivity index (χ4n) is 1.66. The first-order chi connectivity index (χ1) is 9.77. The number of nitrogens with one attached hydrogen (secondary N) is 2. The first-order valence-electron chi connectivity index (χ1n) is 5.81. The summed E-state index contributed by atoms with van der Waals surface area (Å²) in [5.74, 6) is -0.298. The van der Waals surface area contributed by atoms with Crippen molar-refractivity contribution in [3.63, 3.8) is 0 Å². The summed E-state index contributed by atoms with van der Waals surface area (Å²) in [5, 5.41) is 8.53. The van der Waals surface area contributed by atoms with Crippen LogP contribution in [0.2, 0.25) is 5.02 Å². The Labute approximate surface area is 122 Å². The van der Waals surface area contributed by atoms with E-state index in [4.69, 9.17) is 11.6 Å². The van der Waals surface area contributed by atoms with Gasteiger partial charge in [-0.15, -0.1) is 0 Å². The maximum absolute atomic E-state index is 12.7. The number of hydrogen-bond donors (Lipinski definition) is 2. The molecule has 0 saturated heterocycles. The number of carbonyl (C=O) groups excluding carboxylic acids is 1. The molecule has 1 amide bonds. The Morgan fingerprint density at radius 1 is 1.38 bits per heavy atom. The molecule has 0 saturated carbocycles. The predicted molar refractivity (Wildman–Crippen MR) is 68.7 cm³/mol. The molecule has 2 N–H and O–H groups in total. The van der Waals surface area contributed by atoms with E-state index in [-0.39, 0.29) is 10.6 Å². The van der Waals surface area contributed by atoms with Gasteiger partial charge in [-0.3, -0.25) is 9.89 Å². The van der Waals surface area contributed by atoms with E-state index in [1.165, 1.54) is 12.4 Å². The van der Waals surface area contributed by atoms with Gasteiger partial charge in [-0.25, -0.2) is 4.98 Å².